The molecule has 2 saturated heterocycles. The average molecular weight is 501 g/mol. The molecule has 3 fully saturated rings. The van der Waals surface area contributed by atoms with Crippen LogP contribution >= 0.6 is 0 Å². The Labute approximate surface area is 212 Å². The van der Waals surface area contributed by atoms with Crippen molar-refractivity contribution in [3.8, 4) is 0 Å². The molecule has 0 aromatic heterocycles. The van der Waals surface area contributed by atoms with Crippen molar-refractivity contribution in [3.05, 3.63) is 36.0 Å². The number of cyclic esters (lactones) is 2. The summed E-state index contributed by atoms with van der Waals surface area (Å²) in [6.07, 6.45) is 9.37. The van der Waals surface area contributed by atoms with E-state index >= 15 is 0 Å². The Hall–Kier alpha value is -2.45. The Kier molecular flexibility index (Phi) is 6.40. The van der Waals surface area contributed by atoms with Crippen LogP contribution in [0.1, 0.15) is 53.4 Å². The van der Waals surface area contributed by atoms with Crippen LogP contribution in [0.2, 0.25) is 0 Å². The maximum atomic E-state index is 13.2. The van der Waals surface area contributed by atoms with Gasteiger partial charge in [0.2, 0.25) is 0 Å². The minimum Gasteiger partial charge on any atom is -0.465 e. The molecular weight excluding hydrogens is 464 g/mol. The molecule has 0 aromatic carbocycles. The Bertz CT molecular complexity index is 1020. The van der Waals surface area contributed by atoms with E-state index in [1.165, 1.54) is 29.9 Å². The SMILES string of the molecule is CC1=C[C@H]2O[C@@H]3CC4OC(=O)/C=C\C=C/C(=O)OCC[C@H](C)[C@H](C)C(=O)OC[C@@]2(CC1)[C@]4(C)[C@]31CO1. The van der Waals surface area contributed by atoms with Gasteiger partial charge < -0.3 is 23.7 Å². The van der Waals surface area contributed by atoms with Crippen LogP contribution in [0.4, 0.5) is 0 Å². The molecular formula is C28H36O8. The van der Waals surface area contributed by atoms with E-state index < -0.39 is 34.5 Å². The van der Waals surface area contributed by atoms with Gasteiger partial charge in [0.15, 0.2) is 0 Å². The maximum Gasteiger partial charge on any atom is 0.331 e. The van der Waals surface area contributed by atoms with Crippen LogP contribution in [0.3, 0.4) is 0 Å². The average Bonchev–Trinajstić information content (AvgIpc) is 3.62. The van der Waals surface area contributed by atoms with Crippen molar-refractivity contribution in [2.24, 2.45) is 22.7 Å². The molecule has 36 heavy (non-hydrogen) atoms. The molecule has 196 valence electrons. The number of hydrogen-bond donors (Lipinski definition) is 0. The van der Waals surface area contributed by atoms with Crippen LogP contribution in [-0.2, 0) is 38.1 Å². The Morgan fingerprint density at radius 1 is 0.972 bits per heavy atom. The van der Waals surface area contributed by atoms with Crippen LogP contribution in [0, 0.1) is 22.7 Å². The molecule has 2 aliphatic carbocycles. The smallest absolute Gasteiger partial charge is 0.331 e. The van der Waals surface area contributed by atoms with E-state index in [2.05, 4.69) is 19.9 Å². The number of allylic oxidation sites excluding steroid dienone is 3. The lowest BCUT2D eigenvalue weighted by atomic mass is 9.51. The van der Waals surface area contributed by atoms with E-state index in [0.29, 0.717) is 19.4 Å². The van der Waals surface area contributed by atoms with Gasteiger partial charge in [-0.2, -0.15) is 0 Å². The van der Waals surface area contributed by atoms with E-state index in [-0.39, 0.29) is 43.2 Å². The van der Waals surface area contributed by atoms with Gasteiger partial charge in [-0.3, -0.25) is 4.79 Å². The van der Waals surface area contributed by atoms with Crippen LogP contribution < -0.4 is 0 Å². The zero-order valence-electron chi connectivity index (χ0n) is 21.5. The summed E-state index contributed by atoms with van der Waals surface area (Å²) in [5.41, 5.74) is -0.516. The molecule has 3 heterocycles. The van der Waals surface area contributed by atoms with Gasteiger partial charge in [0.1, 0.15) is 18.3 Å². The van der Waals surface area contributed by atoms with E-state index in [0.717, 1.165) is 12.8 Å². The Morgan fingerprint density at radius 2 is 1.69 bits per heavy atom. The molecule has 8 nitrogen and oxygen atoms in total. The summed E-state index contributed by atoms with van der Waals surface area (Å²) >= 11 is 0. The number of epoxide rings is 1. The highest BCUT2D eigenvalue weighted by atomic mass is 16.6. The van der Waals surface area contributed by atoms with Crippen molar-refractivity contribution >= 4 is 17.9 Å². The zero-order valence-corrected chi connectivity index (χ0v) is 21.5. The molecule has 0 amide bonds. The first kappa shape index (κ1) is 25.2. The standard InChI is InChI=1S/C28H36O8/c1-17-9-11-27-15-33-25(31)19(3)18(2)10-12-32-23(29)7-5-6-8-24(30)36-20-14-22(35-21(27)13-17)28(16-34-28)26(20,27)4/h5-8,13,18-22H,9-12,14-16H2,1-4H3/b7-5-,8-6-/t18-,19-,20?,21+,22+,26+,27+,28-/m0/s1. The summed E-state index contributed by atoms with van der Waals surface area (Å²) < 4.78 is 30.1. The largest absolute Gasteiger partial charge is 0.465 e. The lowest BCUT2D eigenvalue weighted by molar-refractivity contribution is -0.233. The van der Waals surface area contributed by atoms with Crippen molar-refractivity contribution < 1.29 is 38.1 Å². The van der Waals surface area contributed by atoms with Crippen molar-refractivity contribution in [3.63, 3.8) is 0 Å². The number of rotatable bonds is 0. The van der Waals surface area contributed by atoms with Crippen LogP contribution in [0.5, 0.6) is 0 Å². The van der Waals surface area contributed by atoms with E-state index in [9.17, 15) is 14.4 Å². The fourth-order valence-corrected chi connectivity index (χ4v) is 6.79. The first-order chi connectivity index (χ1) is 17.1. The number of esters is 3. The summed E-state index contributed by atoms with van der Waals surface area (Å²) in [6, 6.07) is 0. The van der Waals surface area contributed by atoms with Gasteiger partial charge in [-0.05, 0) is 32.1 Å². The molecule has 5 rings (SSSR count). The molecule has 2 bridgehead atoms. The normalized spacial score (nSPS) is 46.8. The van der Waals surface area contributed by atoms with Gasteiger partial charge in [0, 0.05) is 24.0 Å². The minimum absolute atomic E-state index is 0.0317. The summed E-state index contributed by atoms with van der Waals surface area (Å²) in [4.78, 5) is 37.9. The van der Waals surface area contributed by atoms with Crippen molar-refractivity contribution in [2.75, 3.05) is 19.8 Å². The molecule has 1 unspecified atom stereocenters. The van der Waals surface area contributed by atoms with Crippen molar-refractivity contribution in [1.82, 2.24) is 0 Å². The molecule has 8 heteroatoms. The van der Waals surface area contributed by atoms with Crippen molar-refractivity contribution in [1.29, 1.82) is 0 Å². The van der Waals surface area contributed by atoms with Gasteiger partial charge in [-0.1, -0.05) is 44.6 Å². The second kappa shape index (κ2) is 9.14. The van der Waals surface area contributed by atoms with Gasteiger partial charge in [0.05, 0.1) is 36.8 Å². The number of carbonyl (C=O) groups excluding carboxylic acids is 3. The molecule has 0 radical (unpaired) electrons. The highest BCUT2D eigenvalue weighted by molar-refractivity contribution is 5.84. The van der Waals surface area contributed by atoms with Crippen LogP contribution in [-0.4, -0.2) is 61.6 Å². The monoisotopic (exact) mass is 500 g/mol. The summed E-state index contributed by atoms with van der Waals surface area (Å²) in [5.74, 6) is -1.70. The molecule has 2 spiro atoms. The van der Waals surface area contributed by atoms with Gasteiger partial charge in [-0.25, -0.2) is 9.59 Å². The lowest BCUT2D eigenvalue weighted by Gasteiger charge is -2.58. The van der Waals surface area contributed by atoms with E-state index in [4.69, 9.17) is 23.7 Å². The first-order valence-electron chi connectivity index (χ1n) is 13.0. The highest BCUT2D eigenvalue weighted by Crippen LogP contribution is 2.72. The highest BCUT2D eigenvalue weighted by Gasteiger charge is 2.83. The first-order valence-corrected chi connectivity index (χ1v) is 13.0. The molecule has 0 N–H and O–H groups in total. The summed E-state index contributed by atoms with van der Waals surface area (Å²) in [7, 11) is 0. The summed E-state index contributed by atoms with van der Waals surface area (Å²) in [6.45, 7) is 8.91. The molecule has 8 atom stereocenters. The van der Waals surface area contributed by atoms with E-state index in [1.807, 2.05) is 13.8 Å². The predicted octanol–water partition coefficient (Wildman–Crippen LogP) is 3.45. The fourth-order valence-electron chi connectivity index (χ4n) is 6.79. The third kappa shape index (κ3) is 3.84. The van der Waals surface area contributed by atoms with Crippen LogP contribution in [0.15, 0.2) is 36.0 Å². The van der Waals surface area contributed by atoms with Gasteiger partial charge >= 0.3 is 17.9 Å². The third-order valence-corrected chi connectivity index (χ3v) is 9.57. The maximum absolute atomic E-state index is 13.2. The third-order valence-electron chi connectivity index (χ3n) is 9.57. The molecule has 3 aliphatic heterocycles. The minimum atomic E-state index is -0.603. The van der Waals surface area contributed by atoms with Gasteiger partial charge in [-0.15, -0.1) is 0 Å². The van der Waals surface area contributed by atoms with E-state index in [1.54, 1.807) is 0 Å². The summed E-state index contributed by atoms with van der Waals surface area (Å²) in [5, 5.41) is 0. The topological polar surface area (TPSA) is 101 Å². The predicted molar refractivity (Wildman–Crippen MR) is 129 cm³/mol. The Balaban J connectivity index is 1.52. The number of ether oxygens (including phenoxy) is 5. The number of hydrogen-bond acceptors (Lipinski definition) is 8. The molecule has 1 saturated carbocycles. The number of carbonyl (C=O) groups is 3. The van der Waals surface area contributed by atoms with Gasteiger partial charge in [0.25, 0.3) is 0 Å². The molecule has 5 aliphatic rings. The second-order valence-electron chi connectivity index (χ2n) is 11.3. The zero-order chi connectivity index (χ0) is 25.7. The second-order valence-corrected chi connectivity index (χ2v) is 11.3. The lowest BCUT2D eigenvalue weighted by Crippen LogP contribution is -2.66. The van der Waals surface area contributed by atoms with Crippen molar-refractivity contribution in [2.45, 2.75) is 77.3 Å². The quantitative estimate of drug-likeness (QED) is 0.216. The fraction of sp³-hybridized carbons (Fsp3) is 0.679. The molecule has 0 aromatic rings. The van der Waals surface area contributed by atoms with Crippen LogP contribution in [0.25, 0.3) is 0 Å². The Morgan fingerprint density at radius 3 is 2.42 bits per heavy atom.